The molecule has 0 saturated carbocycles. The molecule has 0 amide bonds. The third-order valence-electron chi connectivity index (χ3n) is 2.90. The van der Waals surface area contributed by atoms with Crippen molar-refractivity contribution in [3.8, 4) is 12.3 Å². The van der Waals surface area contributed by atoms with Crippen molar-refractivity contribution in [2.24, 2.45) is 11.3 Å². The molecular formula is C13H20. The Hall–Kier alpha value is -0.700. The van der Waals surface area contributed by atoms with Gasteiger partial charge in [-0.3, -0.25) is 0 Å². The van der Waals surface area contributed by atoms with Gasteiger partial charge in [0.25, 0.3) is 0 Å². The fourth-order valence-electron chi connectivity index (χ4n) is 2.04. The Morgan fingerprint density at radius 2 is 2.31 bits per heavy atom. The summed E-state index contributed by atoms with van der Waals surface area (Å²) in [6, 6.07) is 0. The van der Waals surface area contributed by atoms with Crippen molar-refractivity contribution >= 4 is 0 Å². The standard InChI is InChI=1S/C13H20/c1-5-9-13(3,4)10-12-8-6-7-11(12)2/h1,8,11H,6-7,9-10H2,2-4H3. The second kappa shape index (κ2) is 4.01. The molecule has 0 heteroatoms. The average Bonchev–Trinajstić information content (AvgIpc) is 2.35. The minimum atomic E-state index is 0.291. The summed E-state index contributed by atoms with van der Waals surface area (Å²) in [4.78, 5) is 0. The molecule has 0 aromatic heterocycles. The molecule has 0 N–H and O–H groups in total. The molecule has 1 rings (SSSR count). The van der Waals surface area contributed by atoms with Gasteiger partial charge in [-0.1, -0.05) is 32.4 Å². The van der Waals surface area contributed by atoms with Gasteiger partial charge in [0.05, 0.1) is 0 Å². The Morgan fingerprint density at radius 3 is 2.77 bits per heavy atom. The summed E-state index contributed by atoms with van der Waals surface area (Å²) < 4.78 is 0. The molecule has 0 fully saturated rings. The van der Waals surface area contributed by atoms with Crippen LogP contribution in [0.4, 0.5) is 0 Å². The first-order valence-corrected chi connectivity index (χ1v) is 5.17. The Kier molecular flexibility index (Phi) is 3.20. The minimum Gasteiger partial charge on any atom is -0.120 e. The molecule has 0 radical (unpaired) electrons. The third kappa shape index (κ3) is 2.92. The van der Waals surface area contributed by atoms with E-state index in [0.29, 0.717) is 5.41 Å². The van der Waals surface area contributed by atoms with Crippen LogP contribution in [-0.4, -0.2) is 0 Å². The van der Waals surface area contributed by atoms with Crippen molar-refractivity contribution in [3.05, 3.63) is 11.6 Å². The maximum atomic E-state index is 5.35. The summed E-state index contributed by atoms with van der Waals surface area (Å²) in [5.41, 5.74) is 1.92. The molecular weight excluding hydrogens is 156 g/mol. The van der Waals surface area contributed by atoms with Crippen molar-refractivity contribution in [2.75, 3.05) is 0 Å². The Labute approximate surface area is 82.4 Å². The van der Waals surface area contributed by atoms with Gasteiger partial charge in [0.2, 0.25) is 0 Å². The second-order valence-corrected chi connectivity index (χ2v) is 4.98. The van der Waals surface area contributed by atoms with Crippen LogP contribution < -0.4 is 0 Å². The van der Waals surface area contributed by atoms with Gasteiger partial charge < -0.3 is 0 Å². The molecule has 72 valence electrons. The van der Waals surface area contributed by atoms with Crippen LogP contribution in [0.25, 0.3) is 0 Å². The van der Waals surface area contributed by atoms with Gasteiger partial charge in [-0.2, -0.15) is 0 Å². The van der Waals surface area contributed by atoms with Crippen molar-refractivity contribution < 1.29 is 0 Å². The predicted octanol–water partition coefficient (Wildman–Crippen LogP) is 3.78. The van der Waals surface area contributed by atoms with Crippen LogP contribution in [0.15, 0.2) is 11.6 Å². The minimum absolute atomic E-state index is 0.291. The summed E-state index contributed by atoms with van der Waals surface area (Å²) in [6.45, 7) is 6.85. The zero-order chi connectivity index (χ0) is 9.90. The fraction of sp³-hybridized carbons (Fsp3) is 0.692. The molecule has 0 heterocycles. The lowest BCUT2D eigenvalue weighted by Gasteiger charge is -2.24. The SMILES string of the molecule is C#CCC(C)(C)CC1=CCCC1C. The molecule has 1 aliphatic rings. The molecule has 1 atom stereocenters. The van der Waals surface area contributed by atoms with Gasteiger partial charge in [-0.25, -0.2) is 0 Å². The highest BCUT2D eigenvalue weighted by Gasteiger charge is 2.23. The van der Waals surface area contributed by atoms with Gasteiger partial charge in [0, 0.05) is 6.42 Å². The number of allylic oxidation sites excluding steroid dienone is 2. The van der Waals surface area contributed by atoms with Crippen molar-refractivity contribution in [3.63, 3.8) is 0 Å². The summed E-state index contributed by atoms with van der Waals surface area (Å²) in [5, 5.41) is 0. The lowest BCUT2D eigenvalue weighted by atomic mass is 9.80. The predicted molar refractivity (Wildman–Crippen MR) is 58.3 cm³/mol. The van der Waals surface area contributed by atoms with Crippen molar-refractivity contribution in [2.45, 2.75) is 46.5 Å². The molecule has 1 unspecified atom stereocenters. The second-order valence-electron chi connectivity index (χ2n) is 4.98. The highest BCUT2D eigenvalue weighted by Crippen LogP contribution is 2.36. The van der Waals surface area contributed by atoms with Gasteiger partial charge in [0.1, 0.15) is 0 Å². The van der Waals surface area contributed by atoms with Crippen molar-refractivity contribution in [1.82, 2.24) is 0 Å². The summed E-state index contributed by atoms with van der Waals surface area (Å²) in [7, 11) is 0. The third-order valence-corrected chi connectivity index (χ3v) is 2.90. The number of rotatable bonds is 3. The molecule has 0 aromatic rings. The van der Waals surface area contributed by atoms with E-state index in [1.165, 1.54) is 19.3 Å². The molecule has 0 bridgehead atoms. The van der Waals surface area contributed by atoms with Gasteiger partial charge in [0.15, 0.2) is 0 Å². The average molecular weight is 176 g/mol. The molecule has 13 heavy (non-hydrogen) atoms. The van der Waals surface area contributed by atoms with Crippen molar-refractivity contribution in [1.29, 1.82) is 0 Å². The van der Waals surface area contributed by atoms with Crippen LogP contribution in [0.5, 0.6) is 0 Å². The first-order chi connectivity index (χ1) is 6.05. The normalized spacial score (nSPS) is 22.6. The van der Waals surface area contributed by atoms with E-state index < -0.39 is 0 Å². The zero-order valence-electron chi connectivity index (χ0n) is 9.06. The molecule has 0 nitrogen and oxygen atoms in total. The quantitative estimate of drug-likeness (QED) is 0.453. The maximum absolute atomic E-state index is 5.35. The smallest absolute Gasteiger partial charge is 0.0140 e. The largest absolute Gasteiger partial charge is 0.120 e. The van der Waals surface area contributed by atoms with E-state index >= 15 is 0 Å². The van der Waals surface area contributed by atoms with Gasteiger partial charge >= 0.3 is 0 Å². The van der Waals surface area contributed by atoms with E-state index in [0.717, 1.165) is 12.3 Å². The number of terminal acetylenes is 1. The molecule has 0 aliphatic heterocycles. The Morgan fingerprint density at radius 1 is 1.62 bits per heavy atom. The first-order valence-electron chi connectivity index (χ1n) is 5.17. The molecule has 0 saturated heterocycles. The Bertz CT molecular complexity index is 237. The highest BCUT2D eigenvalue weighted by atomic mass is 14.3. The Balaban J connectivity index is 2.53. The van der Waals surface area contributed by atoms with Crippen LogP contribution in [0, 0.1) is 23.7 Å². The monoisotopic (exact) mass is 176 g/mol. The van der Waals surface area contributed by atoms with Crippen LogP contribution in [0.1, 0.15) is 46.5 Å². The molecule has 0 aromatic carbocycles. The lowest BCUT2D eigenvalue weighted by Crippen LogP contribution is -2.12. The highest BCUT2D eigenvalue weighted by molar-refractivity contribution is 5.14. The van der Waals surface area contributed by atoms with Crippen LogP contribution in [0.3, 0.4) is 0 Å². The van der Waals surface area contributed by atoms with E-state index in [9.17, 15) is 0 Å². The van der Waals surface area contributed by atoms with E-state index in [1.54, 1.807) is 5.57 Å². The van der Waals surface area contributed by atoms with E-state index in [2.05, 4.69) is 32.8 Å². The van der Waals surface area contributed by atoms with Gasteiger partial charge in [-0.15, -0.1) is 12.3 Å². The van der Waals surface area contributed by atoms with Gasteiger partial charge in [-0.05, 0) is 30.6 Å². The zero-order valence-corrected chi connectivity index (χ0v) is 9.06. The van der Waals surface area contributed by atoms with E-state index in [1.807, 2.05) is 0 Å². The van der Waals surface area contributed by atoms with Crippen LogP contribution in [-0.2, 0) is 0 Å². The summed E-state index contributed by atoms with van der Waals surface area (Å²) in [5.74, 6) is 3.56. The topological polar surface area (TPSA) is 0 Å². The molecule has 0 spiro atoms. The summed E-state index contributed by atoms with van der Waals surface area (Å²) >= 11 is 0. The summed E-state index contributed by atoms with van der Waals surface area (Å²) in [6.07, 6.45) is 12.4. The number of hydrogen-bond donors (Lipinski definition) is 0. The lowest BCUT2D eigenvalue weighted by molar-refractivity contribution is 0.361. The molecule has 1 aliphatic carbocycles. The van der Waals surface area contributed by atoms with E-state index in [4.69, 9.17) is 6.42 Å². The van der Waals surface area contributed by atoms with E-state index in [-0.39, 0.29) is 0 Å². The van der Waals surface area contributed by atoms with Crippen LogP contribution in [0.2, 0.25) is 0 Å². The first kappa shape index (κ1) is 10.4. The van der Waals surface area contributed by atoms with Crippen LogP contribution >= 0.6 is 0 Å². The number of hydrogen-bond acceptors (Lipinski definition) is 0. The fourth-order valence-corrected chi connectivity index (χ4v) is 2.04. The maximum Gasteiger partial charge on any atom is 0.0140 e.